The predicted molar refractivity (Wildman–Crippen MR) is 74.7 cm³/mol. The number of aromatic nitrogens is 1. The van der Waals surface area contributed by atoms with Crippen molar-refractivity contribution in [2.24, 2.45) is 0 Å². The summed E-state index contributed by atoms with van der Waals surface area (Å²) in [6, 6.07) is 0. The van der Waals surface area contributed by atoms with Gasteiger partial charge < -0.3 is 9.88 Å². The van der Waals surface area contributed by atoms with Crippen LogP contribution in [0.25, 0.3) is 0 Å². The largest absolute Gasteiger partial charge is 0.354 e. The summed E-state index contributed by atoms with van der Waals surface area (Å²) in [7, 11) is 0. The van der Waals surface area contributed by atoms with Gasteiger partial charge in [-0.1, -0.05) is 6.92 Å². The first-order chi connectivity index (χ1) is 9.06. The fourth-order valence-electron chi connectivity index (χ4n) is 2.94. The maximum absolute atomic E-state index is 12.6. The molecule has 1 aromatic rings. The molecule has 1 aliphatic heterocycles. The minimum absolute atomic E-state index is 0.0308. The zero-order chi connectivity index (χ0) is 14.0. The van der Waals surface area contributed by atoms with E-state index in [2.05, 4.69) is 4.98 Å². The number of Topliss-reactive ketones (excluding diaryl/α,β-unsaturated/α-hetero) is 1. The lowest BCUT2D eigenvalue weighted by Crippen LogP contribution is -2.36. The van der Waals surface area contributed by atoms with Gasteiger partial charge in [0.05, 0.1) is 0 Å². The Balaban J connectivity index is 2.36. The van der Waals surface area contributed by atoms with Crippen molar-refractivity contribution in [1.29, 1.82) is 0 Å². The van der Waals surface area contributed by atoms with E-state index in [0.29, 0.717) is 17.7 Å². The number of hydrogen-bond acceptors (Lipinski definition) is 2. The van der Waals surface area contributed by atoms with Gasteiger partial charge in [-0.25, -0.2) is 0 Å². The van der Waals surface area contributed by atoms with Gasteiger partial charge in [0.2, 0.25) is 0 Å². The van der Waals surface area contributed by atoms with Gasteiger partial charge in [0.25, 0.3) is 5.91 Å². The molecule has 0 bridgehead atoms. The Morgan fingerprint density at radius 1 is 1.21 bits per heavy atom. The van der Waals surface area contributed by atoms with Crippen LogP contribution in [0.5, 0.6) is 0 Å². The monoisotopic (exact) mass is 262 g/mol. The third-order valence-electron chi connectivity index (χ3n) is 3.85. The van der Waals surface area contributed by atoms with Gasteiger partial charge in [-0.3, -0.25) is 9.59 Å². The number of amides is 1. The first-order valence-corrected chi connectivity index (χ1v) is 7.07. The molecule has 1 aliphatic rings. The second-order valence-corrected chi connectivity index (χ2v) is 5.24. The fraction of sp³-hybridized carbons (Fsp3) is 0.600. The summed E-state index contributed by atoms with van der Waals surface area (Å²) in [6.07, 6.45) is 4.06. The average molecular weight is 262 g/mol. The molecule has 1 N–H and O–H groups in total. The summed E-state index contributed by atoms with van der Waals surface area (Å²) in [5.41, 5.74) is 3.00. The fourth-order valence-corrected chi connectivity index (χ4v) is 2.94. The molecule has 19 heavy (non-hydrogen) atoms. The molecular formula is C15H22N2O2. The standard InChI is InChI=1S/C15H22N2O2/c1-4-12-13(11(3)18)10(2)16-14(12)15(19)17-8-6-5-7-9-17/h16H,4-9H2,1-3H3. The van der Waals surface area contributed by atoms with Crippen molar-refractivity contribution in [3.05, 3.63) is 22.5 Å². The zero-order valence-corrected chi connectivity index (χ0v) is 12.0. The molecule has 4 nitrogen and oxygen atoms in total. The molecule has 1 fully saturated rings. The predicted octanol–water partition coefficient (Wildman–Crippen LogP) is 2.71. The minimum Gasteiger partial charge on any atom is -0.354 e. The molecule has 2 heterocycles. The molecule has 0 radical (unpaired) electrons. The Bertz CT molecular complexity index is 496. The lowest BCUT2D eigenvalue weighted by Gasteiger charge is -2.26. The van der Waals surface area contributed by atoms with E-state index in [1.165, 1.54) is 6.42 Å². The van der Waals surface area contributed by atoms with Gasteiger partial charge in [0.15, 0.2) is 5.78 Å². The van der Waals surface area contributed by atoms with Crippen molar-refractivity contribution in [1.82, 2.24) is 9.88 Å². The van der Waals surface area contributed by atoms with Crippen LogP contribution in [0, 0.1) is 6.92 Å². The van der Waals surface area contributed by atoms with Crippen molar-refractivity contribution in [3.8, 4) is 0 Å². The van der Waals surface area contributed by atoms with Crippen LogP contribution >= 0.6 is 0 Å². The minimum atomic E-state index is 0.0308. The Hall–Kier alpha value is -1.58. The van der Waals surface area contributed by atoms with Crippen LogP contribution in [0.3, 0.4) is 0 Å². The molecule has 0 aliphatic carbocycles. The van der Waals surface area contributed by atoms with Crippen molar-refractivity contribution in [2.45, 2.75) is 46.5 Å². The number of nitrogens with zero attached hydrogens (tertiary/aromatic N) is 1. The number of aryl methyl sites for hydroxylation is 1. The summed E-state index contributed by atoms with van der Waals surface area (Å²) in [6.45, 7) is 7.07. The first-order valence-electron chi connectivity index (χ1n) is 7.07. The van der Waals surface area contributed by atoms with Gasteiger partial charge in [-0.2, -0.15) is 0 Å². The molecule has 0 atom stereocenters. The Morgan fingerprint density at radius 3 is 2.37 bits per heavy atom. The van der Waals surface area contributed by atoms with E-state index in [1.54, 1.807) is 6.92 Å². The summed E-state index contributed by atoms with van der Waals surface area (Å²) >= 11 is 0. The summed E-state index contributed by atoms with van der Waals surface area (Å²) in [5, 5.41) is 0. The number of likely N-dealkylation sites (tertiary alicyclic amines) is 1. The van der Waals surface area contributed by atoms with Gasteiger partial charge >= 0.3 is 0 Å². The number of carbonyl (C=O) groups excluding carboxylic acids is 2. The highest BCUT2D eigenvalue weighted by Gasteiger charge is 2.25. The molecule has 0 spiro atoms. The highest BCUT2D eigenvalue weighted by molar-refractivity contribution is 6.02. The highest BCUT2D eigenvalue weighted by Crippen LogP contribution is 2.23. The van der Waals surface area contributed by atoms with Gasteiger partial charge in [-0.05, 0) is 45.1 Å². The molecule has 0 unspecified atom stereocenters. The second-order valence-electron chi connectivity index (χ2n) is 5.24. The first kappa shape index (κ1) is 13.8. The molecular weight excluding hydrogens is 240 g/mol. The Kier molecular flexibility index (Phi) is 4.08. The highest BCUT2D eigenvalue weighted by atomic mass is 16.2. The molecule has 0 saturated carbocycles. The smallest absolute Gasteiger partial charge is 0.270 e. The number of piperidine rings is 1. The van der Waals surface area contributed by atoms with Crippen LogP contribution in [0.1, 0.15) is 65.2 Å². The number of aromatic amines is 1. The normalized spacial score (nSPS) is 15.6. The lowest BCUT2D eigenvalue weighted by atomic mass is 10.0. The summed E-state index contributed by atoms with van der Waals surface area (Å²) in [5.74, 6) is 0.0791. The third kappa shape index (κ3) is 2.57. The second kappa shape index (κ2) is 5.59. The van der Waals surface area contributed by atoms with Gasteiger partial charge in [0.1, 0.15) is 5.69 Å². The van der Waals surface area contributed by atoms with E-state index in [-0.39, 0.29) is 11.7 Å². The molecule has 1 amide bonds. The van der Waals surface area contributed by atoms with Gasteiger partial charge in [0, 0.05) is 24.3 Å². The average Bonchev–Trinajstić information content (AvgIpc) is 2.75. The van der Waals surface area contributed by atoms with Crippen molar-refractivity contribution in [3.63, 3.8) is 0 Å². The number of rotatable bonds is 3. The number of nitrogens with one attached hydrogen (secondary N) is 1. The van der Waals surface area contributed by atoms with Crippen molar-refractivity contribution in [2.75, 3.05) is 13.1 Å². The van der Waals surface area contributed by atoms with Crippen molar-refractivity contribution >= 4 is 11.7 Å². The van der Waals surface area contributed by atoms with E-state index in [0.717, 1.165) is 37.2 Å². The van der Waals surface area contributed by atoms with E-state index in [9.17, 15) is 9.59 Å². The van der Waals surface area contributed by atoms with E-state index in [1.807, 2.05) is 18.7 Å². The Morgan fingerprint density at radius 2 is 1.84 bits per heavy atom. The van der Waals surface area contributed by atoms with Crippen LogP contribution in [0.2, 0.25) is 0 Å². The number of hydrogen-bond donors (Lipinski definition) is 1. The van der Waals surface area contributed by atoms with Crippen LogP contribution in [-0.2, 0) is 6.42 Å². The summed E-state index contributed by atoms with van der Waals surface area (Å²) in [4.78, 5) is 29.3. The summed E-state index contributed by atoms with van der Waals surface area (Å²) < 4.78 is 0. The molecule has 4 heteroatoms. The number of ketones is 1. The number of H-pyrrole nitrogens is 1. The SMILES string of the molecule is CCc1c(C(=O)N2CCCCC2)[nH]c(C)c1C(C)=O. The third-order valence-corrected chi connectivity index (χ3v) is 3.85. The zero-order valence-electron chi connectivity index (χ0n) is 12.0. The molecule has 1 saturated heterocycles. The molecule has 104 valence electrons. The molecule has 0 aromatic carbocycles. The molecule has 1 aromatic heterocycles. The van der Waals surface area contributed by atoms with Gasteiger partial charge in [-0.15, -0.1) is 0 Å². The quantitative estimate of drug-likeness (QED) is 0.851. The van der Waals surface area contributed by atoms with E-state index >= 15 is 0 Å². The van der Waals surface area contributed by atoms with Crippen LogP contribution < -0.4 is 0 Å². The Labute approximate surface area is 114 Å². The van der Waals surface area contributed by atoms with Crippen LogP contribution in [0.15, 0.2) is 0 Å². The van der Waals surface area contributed by atoms with E-state index < -0.39 is 0 Å². The van der Waals surface area contributed by atoms with Crippen LogP contribution in [0.4, 0.5) is 0 Å². The molecule has 2 rings (SSSR count). The van der Waals surface area contributed by atoms with Crippen LogP contribution in [-0.4, -0.2) is 34.7 Å². The maximum atomic E-state index is 12.6. The maximum Gasteiger partial charge on any atom is 0.270 e. The topological polar surface area (TPSA) is 53.2 Å². The number of carbonyl (C=O) groups is 2. The lowest BCUT2D eigenvalue weighted by molar-refractivity contribution is 0.0718. The van der Waals surface area contributed by atoms with Crippen molar-refractivity contribution < 1.29 is 9.59 Å². The van der Waals surface area contributed by atoms with E-state index in [4.69, 9.17) is 0 Å².